The molecule has 0 aliphatic carbocycles. The Labute approximate surface area is 681 Å². The maximum Gasteiger partial charge on any atom is 0.300 e. The molecule has 536 valence electrons. The molecular weight excluding hydrogens is 2190 g/mol. The van der Waals surface area contributed by atoms with E-state index in [-0.39, 0.29) is 68.1 Å². The van der Waals surface area contributed by atoms with Gasteiger partial charge in [0.1, 0.15) is 18.1 Å². The van der Waals surface area contributed by atoms with E-state index in [0.717, 1.165) is 51.3 Å². The van der Waals surface area contributed by atoms with Gasteiger partial charge in [-0.2, -0.15) is 0 Å². The van der Waals surface area contributed by atoms with Gasteiger partial charge in [0, 0.05) is 142 Å². The maximum atomic E-state index is 14.2. The number of unbranched alkanes of at least 4 members (excludes halogenated alkanes) is 3. The molecule has 3 atom stereocenters. The summed E-state index contributed by atoms with van der Waals surface area (Å²) in [5, 5.41) is 55.8. The Bertz CT molecular complexity index is 3730. The largest absolute Gasteiger partial charge is 0.382 e. The summed E-state index contributed by atoms with van der Waals surface area (Å²) >= 11 is 17.2. The van der Waals surface area contributed by atoms with Gasteiger partial charge < -0.3 is 86.7 Å². The summed E-state index contributed by atoms with van der Waals surface area (Å²) in [6.45, 7) is 4.74. The molecule has 0 aliphatic rings. The predicted molar refractivity (Wildman–Crippen MR) is 451 cm³/mol. The molecule has 0 fully saturated rings. The van der Waals surface area contributed by atoms with Crippen molar-refractivity contribution >= 4 is 267 Å². The van der Waals surface area contributed by atoms with Crippen molar-refractivity contribution < 1.29 is 43.1 Å². The first kappa shape index (κ1) is 83.8. The van der Waals surface area contributed by atoms with Gasteiger partial charge in [-0.15, -0.1) is 0 Å². The van der Waals surface area contributed by atoms with E-state index in [1.54, 1.807) is 36.4 Å². The first-order valence-electron chi connectivity index (χ1n) is 31.4. The van der Waals surface area contributed by atoms with Crippen LogP contribution in [0.4, 0.5) is 34.1 Å². The van der Waals surface area contributed by atoms with Gasteiger partial charge in [-0.05, 0) is 303 Å². The molecule has 99 heavy (non-hydrogen) atoms. The summed E-state index contributed by atoms with van der Waals surface area (Å²) in [5.41, 5.74) is 28.1. The Kier molecular flexibility index (Phi) is 37.1. The third-order valence-corrected chi connectivity index (χ3v) is 21.6. The van der Waals surface area contributed by atoms with Crippen molar-refractivity contribution in [2.24, 2.45) is 22.9 Å². The predicted octanol–water partition coefficient (Wildman–Crippen LogP) is 7.55. The van der Waals surface area contributed by atoms with Gasteiger partial charge in [0.2, 0.25) is 23.2 Å². The molecule has 7 amide bonds. The number of rotatable bonds is 42. The summed E-state index contributed by atoms with van der Waals surface area (Å²) in [6, 6.07) is 13.7. The SMILES string of the molecule is NCCNc1c(I)cc(C(=O)NCCCC[C@H](NC(=O)c2cc(I)c(NCCN)c(I)c2)C(=O)NCCCC[C@H](NC(=O)c2cc(I)c(NCCN)c(I)c2)C(=O)NCCCC[C@H](NC(=O)c2cc(I)c(NCCN)c(I)c2)C(=O)NCCNc2ccc([N+](=O)[O-])c3nonc23)cc1I. The number of anilines is 5. The van der Waals surface area contributed by atoms with Crippen LogP contribution in [0.3, 0.4) is 0 Å². The van der Waals surface area contributed by atoms with E-state index >= 15 is 0 Å². The molecule has 0 spiro atoms. The summed E-state index contributed by atoms with van der Waals surface area (Å²) in [6.07, 6.45) is 3.11. The smallest absolute Gasteiger partial charge is 0.300 e. The zero-order valence-corrected chi connectivity index (χ0v) is 70.6. The van der Waals surface area contributed by atoms with Crippen molar-refractivity contribution in [3.63, 3.8) is 0 Å². The van der Waals surface area contributed by atoms with E-state index in [1.165, 1.54) is 12.1 Å². The van der Waals surface area contributed by atoms with Crippen LogP contribution in [0.1, 0.15) is 99.2 Å². The lowest BCUT2D eigenvalue weighted by atomic mass is 10.1. The number of halogens is 8. The van der Waals surface area contributed by atoms with Crippen LogP contribution in [0, 0.1) is 38.7 Å². The van der Waals surface area contributed by atoms with Gasteiger partial charge in [0.25, 0.3) is 23.6 Å². The third kappa shape index (κ3) is 26.2. The highest BCUT2D eigenvalue weighted by atomic mass is 127. The summed E-state index contributed by atoms with van der Waals surface area (Å²) in [5.74, 6) is -3.01. The average molecular weight is 2260 g/mol. The van der Waals surface area contributed by atoms with Crippen LogP contribution in [0.5, 0.6) is 0 Å². The number of hydrogen-bond donors (Lipinski definition) is 16. The molecular formula is C62H77I8N19O10. The van der Waals surface area contributed by atoms with Crippen LogP contribution in [-0.2, 0) is 14.4 Å². The second kappa shape index (κ2) is 43.9. The molecule has 1 aromatic heterocycles. The number of nitrogens with one attached hydrogen (secondary N) is 12. The minimum Gasteiger partial charge on any atom is -0.382 e. The number of hydrogen-bond acceptors (Lipinski definition) is 21. The number of nitro groups is 1. The van der Waals surface area contributed by atoms with E-state index in [9.17, 15) is 43.7 Å². The summed E-state index contributed by atoms with van der Waals surface area (Å²) < 4.78 is 11.3. The van der Waals surface area contributed by atoms with Crippen LogP contribution < -0.4 is 86.7 Å². The van der Waals surface area contributed by atoms with Gasteiger partial charge in [0.05, 0.1) is 33.4 Å². The Hall–Kier alpha value is -4.13. The molecule has 0 radical (unpaired) electrons. The summed E-state index contributed by atoms with van der Waals surface area (Å²) in [7, 11) is 0. The highest BCUT2D eigenvalue weighted by molar-refractivity contribution is 14.1. The molecule has 0 aliphatic heterocycles. The van der Waals surface area contributed by atoms with Crippen LogP contribution in [-0.4, -0.2) is 160 Å². The second-order valence-corrected chi connectivity index (χ2v) is 31.4. The average Bonchev–Trinajstić information content (AvgIpc) is 1.79. The Morgan fingerprint density at radius 1 is 0.394 bits per heavy atom. The lowest BCUT2D eigenvalue weighted by molar-refractivity contribution is -0.383. The van der Waals surface area contributed by atoms with Gasteiger partial charge in [-0.3, -0.25) is 43.7 Å². The molecule has 5 aromatic carbocycles. The highest BCUT2D eigenvalue weighted by Gasteiger charge is 2.27. The van der Waals surface area contributed by atoms with Gasteiger partial charge in [0.15, 0.2) is 5.52 Å². The van der Waals surface area contributed by atoms with Crippen LogP contribution in [0.2, 0.25) is 0 Å². The number of fused-ring (bicyclic) bond motifs is 1. The number of carbonyl (C=O) groups is 7. The topological polar surface area (TPSA) is 450 Å². The Balaban J connectivity index is 1.11. The van der Waals surface area contributed by atoms with Crippen molar-refractivity contribution in [1.82, 2.24) is 47.5 Å². The molecule has 1 heterocycles. The zero-order valence-electron chi connectivity index (χ0n) is 53.3. The molecule has 20 N–H and O–H groups in total. The van der Waals surface area contributed by atoms with Crippen molar-refractivity contribution in [1.29, 1.82) is 0 Å². The monoisotopic (exact) mass is 2260 g/mol. The van der Waals surface area contributed by atoms with Crippen LogP contribution in [0.15, 0.2) is 65.3 Å². The number of nitro benzene ring substituents is 1. The molecule has 0 bridgehead atoms. The maximum absolute atomic E-state index is 14.2. The highest BCUT2D eigenvalue weighted by Crippen LogP contribution is 2.32. The second-order valence-electron chi connectivity index (χ2n) is 22.1. The van der Waals surface area contributed by atoms with Crippen LogP contribution in [0.25, 0.3) is 11.0 Å². The van der Waals surface area contributed by atoms with Gasteiger partial charge >= 0.3 is 5.69 Å². The third-order valence-electron chi connectivity index (χ3n) is 14.8. The van der Waals surface area contributed by atoms with Gasteiger partial charge in [-0.1, -0.05) is 0 Å². The van der Waals surface area contributed by atoms with E-state index in [4.69, 9.17) is 27.6 Å². The Morgan fingerprint density at radius 3 is 1.02 bits per heavy atom. The molecule has 29 nitrogen and oxygen atoms in total. The number of nitrogens with zero attached hydrogens (tertiary/aromatic N) is 3. The zero-order chi connectivity index (χ0) is 72.1. The quantitative estimate of drug-likeness (QED) is 0.00761. The molecule has 0 unspecified atom stereocenters. The number of nitrogens with two attached hydrogens (primary N) is 4. The fourth-order valence-corrected chi connectivity index (χ4v) is 18.5. The lowest BCUT2D eigenvalue weighted by Crippen LogP contribution is -2.48. The van der Waals surface area contributed by atoms with Crippen molar-refractivity contribution in [2.45, 2.75) is 75.9 Å². The van der Waals surface area contributed by atoms with Crippen LogP contribution >= 0.6 is 181 Å². The number of amides is 7. The summed E-state index contributed by atoms with van der Waals surface area (Å²) in [4.78, 5) is 109. The fraction of sp³-hybridized carbons (Fsp3) is 0.403. The first-order chi connectivity index (χ1) is 47.5. The van der Waals surface area contributed by atoms with Gasteiger partial charge in [-0.25, -0.2) is 4.63 Å². The first-order valence-corrected chi connectivity index (χ1v) is 40.0. The minimum atomic E-state index is -1.02. The van der Waals surface area contributed by atoms with E-state index in [2.05, 4.69) is 255 Å². The number of aromatic nitrogens is 2. The van der Waals surface area contributed by atoms with Crippen molar-refractivity contribution in [3.05, 3.63) is 122 Å². The number of carbonyl (C=O) groups excluding carboxylic acids is 7. The molecule has 0 saturated carbocycles. The standard InChI is InChI=1S/C62H77I8N19O10/c63-37-25-33(26-38(64)50(37)76-19-12-71)56(90)80-16-4-1-7-46(84-57(91)34-27-39(65)51(40(66)28-34)77-20-13-72)60(94)81-17-5-2-8-47(85-58(92)35-29-41(67)52(42(68)30-35)78-21-14-73)61(95)82-18-6-3-9-48(86-59(93)36-31-43(69)53(44(70)32-36)79-22-15-74)62(96)83-24-23-75-45-10-11-49(89(97)98)55-54(45)87-99-88-55/h10-11,25-32,46-48,75-79H,1-9,12-24,71-74H2,(H,80,90)(H,81,94)(H,82,95)(H,83,96)(H,84,91)(H,85,92)(H,86,93)/t46-,47-,48-/m0/s1. The number of non-ortho nitro benzene ring substituents is 1. The number of benzene rings is 5. The normalized spacial score (nSPS) is 12.0. The molecule has 6 rings (SSSR count). The van der Waals surface area contributed by atoms with Crippen molar-refractivity contribution in [2.75, 3.05) is 112 Å². The van der Waals surface area contributed by atoms with E-state index in [1.807, 2.05) is 12.1 Å². The Morgan fingerprint density at radius 2 is 0.697 bits per heavy atom. The van der Waals surface area contributed by atoms with E-state index < -0.39 is 58.5 Å². The molecule has 37 heteroatoms. The minimum absolute atomic E-state index is 0.0389. The van der Waals surface area contributed by atoms with Crippen molar-refractivity contribution in [3.8, 4) is 0 Å². The lowest BCUT2D eigenvalue weighted by Gasteiger charge is -2.21. The molecule has 0 saturated heterocycles. The molecule has 6 aromatic rings. The van der Waals surface area contributed by atoms with E-state index in [0.29, 0.717) is 125 Å². The fourth-order valence-electron chi connectivity index (χ4n) is 9.86.